The first kappa shape index (κ1) is 19.8. The zero-order chi connectivity index (χ0) is 21.3. The van der Waals surface area contributed by atoms with E-state index in [1.54, 1.807) is 42.7 Å². The van der Waals surface area contributed by atoms with E-state index in [9.17, 15) is 19.2 Å². The molecule has 4 amide bonds. The maximum absolute atomic E-state index is 13.2. The van der Waals surface area contributed by atoms with Crippen molar-refractivity contribution >= 4 is 35.0 Å². The fourth-order valence-corrected chi connectivity index (χ4v) is 3.62. The van der Waals surface area contributed by atoms with Gasteiger partial charge in [0, 0.05) is 37.5 Å². The second-order valence-corrected chi connectivity index (χ2v) is 7.62. The van der Waals surface area contributed by atoms with Crippen molar-refractivity contribution in [2.45, 2.75) is 38.8 Å². The van der Waals surface area contributed by atoms with Crippen molar-refractivity contribution in [2.75, 3.05) is 10.2 Å². The van der Waals surface area contributed by atoms with Gasteiger partial charge in [-0.2, -0.15) is 0 Å². The van der Waals surface area contributed by atoms with E-state index < -0.39 is 11.9 Å². The zero-order valence-corrected chi connectivity index (χ0v) is 16.6. The molecule has 154 valence electrons. The van der Waals surface area contributed by atoms with Crippen molar-refractivity contribution in [1.82, 2.24) is 9.88 Å². The third-order valence-electron chi connectivity index (χ3n) is 5.23. The zero-order valence-electron chi connectivity index (χ0n) is 16.6. The second kappa shape index (κ2) is 8.06. The summed E-state index contributed by atoms with van der Waals surface area (Å²) < 4.78 is 0. The van der Waals surface area contributed by atoms with E-state index in [0.29, 0.717) is 11.4 Å². The lowest BCUT2D eigenvalue weighted by atomic mass is 10.1. The molecular weight excluding hydrogens is 384 g/mol. The van der Waals surface area contributed by atoms with E-state index in [1.807, 2.05) is 6.07 Å². The molecular formula is C22H22N4O4. The lowest BCUT2D eigenvalue weighted by molar-refractivity contribution is -0.140. The second-order valence-electron chi connectivity index (χ2n) is 7.62. The fourth-order valence-electron chi connectivity index (χ4n) is 3.62. The normalized spacial score (nSPS) is 18.4. The van der Waals surface area contributed by atoms with Crippen LogP contribution < -0.4 is 10.2 Å². The van der Waals surface area contributed by atoms with Crippen LogP contribution in [0, 0.1) is 5.92 Å². The van der Waals surface area contributed by atoms with Crippen LogP contribution >= 0.6 is 0 Å². The van der Waals surface area contributed by atoms with Crippen molar-refractivity contribution in [2.24, 2.45) is 5.92 Å². The highest BCUT2D eigenvalue weighted by atomic mass is 16.2. The van der Waals surface area contributed by atoms with Crippen LogP contribution in [0.5, 0.6) is 0 Å². The molecule has 30 heavy (non-hydrogen) atoms. The van der Waals surface area contributed by atoms with Gasteiger partial charge in [0.1, 0.15) is 6.04 Å². The average molecular weight is 406 g/mol. The number of aromatic nitrogens is 1. The summed E-state index contributed by atoms with van der Waals surface area (Å²) >= 11 is 0. The molecule has 2 aliphatic rings. The van der Waals surface area contributed by atoms with Crippen LogP contribution in [0.15, 0.2) is 48.8 Å². The van der Waals surface area contributed by atoms with Gasteiger partial charge >= 0.3 is 0 Å². The molecule has 1 N–H and O–H groups in total. The van der Waals surface area contributed by atoms with Crippen molar-refractivity contribution in [3.05, 3.63) is 54.4 Å². The summed E-state index contributed by atoms with van der Waals surface area (Å²) in [5.74, 6) is -1.13. The third-order valence-corrected chi connectivity index (χ3v) is 5.23. The minimum atomic E-state index is -0.833. The van der Waals surface area contributed by atoms with Crippen LogP contribution in [0.3, 0.4) is 0 Å². The predicted molar refractivity (Wildman–Crippen MR) is 109 cm³/mol. The van der Waals surface area contributed by atoms with E-state index in [1.165, 1.54) is 11.8 Å². The summed E-state index contributed by atoms with van der Waals surface area (Å²) in [5.41, 5.74) is 1.80. The summed E-state index contributed by atoms with van der Waals surface area (Å²) in [5, 5.41) is 2.65. The molecule has 0 radical (unpaired) electrons. The topological polar surface area (TPSA) is 99.7 Å². The van der Waals surface area contributed by atoms with Crippen LogP contribution in [0.2, 0.25) is 0 Å². The first-order valence-corrected chi connectivity index (χ1v) is 9.88. The number of hydrogen-bond donors (Lipinski definition) is 1. The number of carbonyl (C=O) groups excluding carboxylic acids is 4. The van der Waals surface area contributed by atoms with Gasteiger partial charge in [-0.15, -0.1) is 0 Å². The highest BCUT2D eigenvalue weighted by molar-refractivity contribution is 6.23. The Morgan fingerprint density at radius 2 is 1.90 bits per heavy atom. The Morgan fingerprint density at radius 3 is 2.50 bits per heavy atom. The maximum atomic E-state index is 13.2. The molecule has 8 nitrogen and oxygen atoms in total. The molecule has 4 rings (SSSR count). The van der Waals surface area contributed by atoms with E-state index in [-0.39, 0.29) is 36.6 Å². The van der Waals surface area contributed by atoms with Crippen LogP contribution in [0.25, 0.3) is 0 Å². The van der Waals surface area contributed by atoms with Gasteiger partial charge in [-0.05, 0) is 48.7 Å². The van der Waals surface area contributed by atoms with Crippen molar-refractivity contribution in [3.8, 4) is 0 Å². The SMILES string of the molecule is CC(=O)Nc1ccc(N2C(=O)CC(N(Cc3cccnc3)C(=O)C3CC3)C2=O)cc1. The van der Waals surface area contributed by atoms with Crippen LogP contribution in [-0.2, 0) is 25.7 Å². The molecule has 1 aliphatic carbocycles. The molecule has 0 bridgehead atoms. The minimum Gasteiger partial charge on any atom is -0.326 e. The molecule has 1 aliphatic heterocycles. The van der Waals surface area contributed by atoms with Gasteiger partial charge in [0.15, 0.2) is 0 Å². The molecule has 1 saturated carbocycles. The first-order valence-electron chi connectivity index (χ1n) is 9.88. The minimum absolute atomic E-state index is 0.0506. The van der Waals surface area contributed by atoms with Gasteiger partial charge in [-0.1, -0.05) is 6.07 Å². The molecule has 1 aromatic heterocycles. The Hall–Kier alpha value is -3.55. The fraction of sp³-hybridized carbons (Fsp3) is 0.318. The number of anilines is 2. The third kappa shape index (κ3) is 4.07. The number of nitrogens with one attached hydrogen (secondary N) is 1. The number of pyridine rings is 1. The van der Waals surface area contributed by atoms with Crippen LogP contribution in [0.4, 0.5) is 11.4 Å². The Morgan fingerprint density at radius 1 is 1.17 bits per heavy atom. The lowest BCUT2D eigenvalue weighted by Gasteiger charge is -2.28. The molecule has 1 saturated heterocycles. The summed E-state index contributed by atoms with van der Waals surface area (Å²) in [6.07, 6.45) is 4.88. The largest absolute Gasteiger partial charge is 0.326 e. The Balaban J connectivity index is 1.57. The quantitative estimate of drug-likeness (QED) is 0.741. The monoisotopic (exact) mass is 406 g/mol. The maximum Gasteiger partial charge on any atom is 0.257 e. The van der Waals surface area contributed by atoms with Crippen molar-refractivity contribution in [3.63, 3.8) is 0 Å². The molecule has 1 unspecified atom stereocenters. The van der Waals surface area contributed by atoms with E-state index in [0.717, 1.165) is 23.3 Å². The Bertz CT molecular complexity index is 986. The molecule has 8 heteroatoms. The molecule has 1 atom stereocenters. The number of benzene rings is 1. The van der Waals surface area contributed by atoms with Gasteiger partial charge in [-0.3, -0.25) is 24.2 Å². The number of rotatable bonds is 6. The number of hydrogen-bond acceptors (Lipinski definition) is 5. The highest BCUT2D eigenvalue weighted by Crippen LogP contribution is 2.35. The van der Waals surface area contributed by atoms with E-state index in [4.69, 9.17) is 0 Å². The van der Waals surface area contributed by atoms with Crippen molar-refractivity contribution in [1.29, 1.82) is 0 Å². The van der Waals surface area contributed by atoms with Crippen LogP contribution in [-0.4, -0.2) is 39.6 Å². The van der Waals surface area contributed by atoms with E-state index >= 15 is 0 Å². The summed E-state index contributed by atoms with van der Waals surface area (Å²) in [7, 11) is 0. The Kier molecular flexibility index (Phi) is 5.31. The molecule has 2 heterocycles. The van der Waals surface area contributed by atoms with E-state index in [2.05, 4.69) is 10.3 Å². The van der Waals surface area contributed by atoms with Crippen molar-refractivity contribution < 1.29 is 19.2 Å². The molecule has 1 aromatic carbocycles. The van der Waals surface area contributed by atoms with Gasteiger partial charge in [-0.25, -0.2) is 4.90 Å². The molecule has 0 spiro atoms. The van der Waals surface area contributed by atoms with Gasteiger partial charge in [0.25, 0.3) is 5.91 Å². The highest BCUT2D eigenvalue weighted by Gasteiger charge is 2.46. The smallest absolute Gasteiger partial charge is 0.257 e. The van der Waals surface area contributed by atoms with Gasteiger partial charge in [0.05, 0.1) is 12.1 Å². The standard InChI is InChI=1S/C22H22N4O4/c1-14(27)24-17-6-8-18(9-7-17)26-20(28)11-19(22(26)30)25(21(29)16-4-5-16)13-15-3-2-10-23-12-15/h2-3,6-10,12,16,19H,4-5,11,13H2,1H3,(H,24,27). The van der Waals surface area contributed by atoms with Crippen LogP contribution in [0.1, 0.15) is 31.7 Å². The average Bonchev–Trinajstić information content (AvgIpc) is 3.53. The number of carbonyl (C=O) groups is 4. The molecule has 2 fully saturated rings. The van der Waals surface area contributed by atoms with Gasteiger partial charge in [0.2, 0.25) is 17.7 Å². The first-order chi connectivity index (χ1) is 14.4. The summed E-state index contributed by atoms with van der Waals surface area (Å²) in [6, 6.07) is 9.27. The predicted octanol–water partition coefficient (Wildman–Crippen LogP) is 2.11. The summed E-state index contributed by atoms with van der Waals surface area (Å²) in [6.45, 7) is 1.64. The number of nitrogens with zero attached hydrogens (tertiary/aromatic N) is 3. The number of imide groups is 1. The Labute approximate surface area is 173 Å². The molecule has 2 aromatic rings. The summed E-state index contributed by atoms with van der Waals surface area (Å²) in [4.78, 5) is 56.7. The van der Waals surface area contributed by atoms with Gasteiger partial charge < -0.3 is 10.2 Å². The lowest BCUT2D eigenvalue weighted by Crippen LogP contribution is -2.45. The number of amides is 4.